The van der Waals surface area contributed by atoms with E-state index >= 15 is 0 Å². The fourth-order valence-electron chi connectivity index (χ4n) is 1.97. The van der Waals surface area contributed by atoms with E-state index in [1.807, 2.05) is 6.92 Å². The molecule has 0 amide bonds. The Morgan fingerprint density at radius 3 is 2.37 bits per heavy atom. The lowest BCUT2D eigenvalue weighted by molar-refractivity contribution is 0.604. The van der Waals surface area contributed by atoms with Crippen LogP contribution in [-0.2, 0) is 5.41 Å². The van der Waals surface area contributed by atoms with Crippen LogP contribution in [0.5, 0.6) is 0 Å². The van der Waals surface area contributed by atoms with Gasteiger partial charge in [0.15, 0.2) is 0 Å². The van der Waals surface area contributed by atoms with Crippen molar-refractivity contribution in [3.63, 3.8) is 0 Å². The summed E-state index contributed by atoms with van der Waals surface area (Å²) in [5.74, 6) is -0.216. The van der Waals surface area contributed by atoms with Crippen LogP contribution in [0.15, 0.2) is 30.3 Å². The maximum absolute atomic E-state index is 13.1. The van der Waals surface area contributed by atoms with E-state index in [-0.39, 0.29) is 16.6 Å². The van der Waals surface area contributed by atoms with Gasteiger partial charge in [0.05, 0.1) is 5.38 Å². The molecule has 3 heteroatoms. The largest absolute Gasteiger partial charge is 0.207 e. The maximum Gasteiger partial charge on any atom is 0.123 e. The zero-order chi connectivity index (χ0) is 14.2. The van der Waals surface area contributed by atoms with Gasteiger partial charge in [0, 0.05) is 9.75 Å². The van der Waals surface area contributed by atoms with E-state index in [0.29, 0.717) is 0 Å². The number of hydrogen-bond donors (Lipinski definition) is 0. The van der Waals surface area contributed by atoms with Crippen molar-refractivity contribution in [3.8, 4) is 0 Å². The first-order valence-corrected chi connectivity index (χ1v) is 7.54. The van der Waals surface area contributed by atoms with Gasteiger partial charge in [-0.1, -0.05) is 26.8 Å². The predicted octanol–water partition coefficient (Wildman–Crippen LogP) is 5.82. The van der Waals surface area contributed by atoms with E-state index in [9.17, 15) is 4.39 Å². The lowest BCUT2D eigenvalue weighted by Gasteiger charge is -2.16. The van der Waals surface area contributed by atoms with Gasteiger partial charge in [0.2, 0.25) is 0 Å². The van der Waals surface area contributed by atoms with Crippen LogP contribution >= 0.6 is 22.9 Å². The molecular formula is C16H18ClFS. The molecule has 2 aromatic rings. The summed E-state index contributed by atoms with van der Waals surface area (Å²) in [5, 5.41) is -0.207. The highest BCUT2D eigenvalue weighted by molar-refractivity contribution is 7.12. The first kappa shape index (κ1) is 14.5. The molecule has 1 heterocycles. The Balaban J connectivity index is 2.34. The molecule has 0 aliphatic rings. The van der Waals surface area contributed by atoms with E-state index in [1.165, 1.54) is 17.0 Å². The van der Waals surface area contributed by atoms with Crippen LogP contribution in [-0.4, -0.2) is 0 Å². The third kappa shape index (κ3) is 3.18. The Labute approximate surface area is 123 Å². The number of thiophene rings is 1. The van der Waals surface area contributed by atoms with Gasteiger partial charge >= 0.3 is 0 Å². The van der Waals surface area contributed by atoms with Gasteiger partial charge in [-0.2, -0.15) is 0 Å². The monoisotopic (exact) mass is 296 g/mol. The van der Waals surface area contributed by atoms with Crippen LogP contribution in [0.2, 0.25) is 0 Å². The molecule has 2 rings (SSSR count). The molecule has 0 bridgehead atoms. The van der Waals surface area contributed by atoms with Gasteiger partial charge in [-0.25, -0.2) is 4.39 Å². The first-order valence-electron chi connectivity index (χ1n) is 6.29. The van der Waals surface area contributed by atoms with E-state index in [0.717, 1.165) is 16.0 Å². The molecule has 102 valence electrons. The van der Waals surface area contributed by atoms with Crippen LogP contribution in [0.4, 0.5) is 4.39 Å². The summed E-state index contributed by atoms with van der Waals surface area (Å²) < 4.78 is 13.1. The molecule has 19 heavy (non-hydrogen) atoms. The van der Waals surface area contributed by atoms with Crippen LogP contribution in [0.3, 0.4) is 0 Å². The standard InChI is InChI=1S/C16H18ClFS/c1-10-9-11(18)5-6-12(10)15(17)13-7-8-14(19-13)16(2,3)4/h5-9,15H,1-4H3. The van der Waals surface area contributed by atoms with Gasteiger partial charge in [0.25, 0.3) is 0 Å². The van der Waals surface area contributed by atoms with Gasteiger partial charge in [-0.05, 0) is 47.7 Å². The molecule has 1 unspecified atom stereocenters. The highest BCUT2D eigenvalue weighted by Crippen LogP contribution is 2.38. The summed E-state index contributed by atoms with van der Waals surface area (Å²) in [6.45, 7) is 8.46. The summed E-state index contributed by atoms with van der Waals surface area (Å²) in [7, 11) is 0. The van der Waals surface area contributed by atoms with Crippen LogP contribution in [0.1, 0.15) is 47.0 Å². The Morgan fingerprint density at radius 1 is 1.16 bits per heavy atom. The third-order valence-corrected chi connectivity index (χ3v) is 5.30. The molecule has 0 aliphatic carbocycles. The molecule has 0 spiro atoms. The molecule has 0 fully saturated rings. The average Bonchev–Trinajstić information content (AvgIpc) is 2.76. The van der Waals surface area contributed by atoms with Crippen molar-refractivity contribution >= 4 is 22.9 Å². The Bertz CT molecular complexity index is 581. The van der Waals surface area contributed by atoms with Crippen LogP contribution in [0, 0.1) is 12.7 Å². The van der Waals surface area contributed by atoms with Crippen molar-refractivity contribution in [1.29, 1.82) is 0 Å². The molecule has 1 aromatic carbocycles. The minimum absolute atomic E-state index is 0.136. The minimum atomic E-state index is -0.216. The van der Waals surface area contributed by atoms with Crippen molar-refractivity contribution in [1.82, 2.24) is 0 Å². The fraction of sp³-hybridized carbons (Fsp3) is 0.375. The number of aryl methyl sites for hydroxylation is 1. The number of halogens is 2. The smallest absolute Gasteiger partial charge is 0.123 e. The number of rotatable bonds is 2. The summed E-state index contributed by atoms with van der Waals surface area (Å²) in [5.41, 5.74) is 2.01. The van der Waals surface area contributed by atoms with Gasteiger partial charge < -0.3 is 0 Å². The molecule has 0 nitrogen and oxygen atoms in total. The molecule has 1 atom stereocenters. The average molecular weight is 297 g/mol. The van der Waals surface area contributed by atoms with Crippen molar-refractivity contribution in [2.45, 2.75) is 38.5 Å². The molecule has 1 aromatic heterocycles. The second-order valence-electron chi connectivity index (χ2n) is 5.82. The highest BCUT2D eigenvalue weighted by atomic mass is 35.5. The molecule has 0 radical (unpaired) electrons. The van der Waals surface area contributed by atoms with Gasteiger partial charge in [-0.3, -0.25) is 0 Å². The topological polar surface area (TPSA) is 0 Å². The summed E-state index contributed by atoms with van der Waals surface area (Å²) in [4.78, 5) is 2.43. The predicted molar refractivity (Wildman–Crippen MR) is 81.9 cm³/mol. The normalized spacial score (nSPS) is 13.6. The fourth-order valence-corrected chi connectivity index (χ4v) is 3.48. The number of hydrogen-bond acceptors (Lipinski definition) is 1. The second kappa shape index (κ2) is 5.26. The van der Waals surface area contributed by atoms with Crippen molar-refractivity contribution in [3.05, 3.63) is 57.0 Å². The Morgan fingerprint density at radius 2 is 1.84 bits per heavy atom. The Hall–Kier alpha value is -0.860. The third-order valence-electron chi connectivity index (χ3n) is 3.12. The number of benzene rings is 1. The quantitative estimate of drug-likeness (QED) is 0.612. The minimum Gasteiger partial charge on any atom is -0.207 e. The van der Waals surface area contributed by atoms with Crippen molar-refractivity contribution in [2.75, 3.05) is 0 Å². The summed E-state index contributed by atoms with van der Waals surface area (Å²) in [6, 6.07) is 8.98. The van der Waals surface area contributed by atoms with Crippen LogP contribution in [0.25, 0.3) is 0 Å². The van der Waals surface area contributed by atoms with Crippen molar-refractivity contribution in [2.24, 2.45) is 0 Å². The highest BCUT2D eigenvalue weighted by Gasteiger charge is 2.20. The lowest BCUT2D eigenvalue weighted by Crippen LogP contribution is -2.07. The summed E-state index contributed by atoms with van der Waals surface area (Å²) >= 11 is 8.27. The first-order chi connectivity index (χ1) is 8.79. The van der Waals surface area contributed by atoms with E-state index in [2.05, 4.69) is 32.9 Å². The zero-order valence-corrected chi connectivity index (χ0v) is 13.2. The lowest BCUT2D eigenvalue weighted by atomic mass is 9.95. The van der Waals surface area contributed by atoms with E-state index in [4.69, 9.17) is 11.6 Å². The second-order valence-corrected chi connectivity index (χ2v) is 7.37. The van der Waals surface area contributed by atoms with Gasteiger partial charge in [-0.15, -0.1) is 22.9 Å². The molecule has 0 aliphatic heterocycles. The summed E-state index contributed by atoms with van der Waals surface area (Å²) in [6.07, 6.45) is 0. The van der Waals surface area contributed by atoms with Crippen LogP contribution < -0.4 is 0 Å². The molecule has 0 N–H and O–H groups in total. The number of alkyl halides is 1. The van der Waals surface area contributed by atoms with E-state index < -0.39 is 0 Å². The maximum atomic E-state index is 13.1. The molecule has 0 saturated carbocycles. The Kier molecular flexibility index (Phi) is 4.03. The zero-order valence-electron chi connectivity index (χ0n) is 11.6. The molecular weight excluding hydrogens is 279 g/mol. The molecule has 0 saturated heterocycles. The van der Waals surface area contributed by atoms with E-state index in [1.54, 1.807) is 17.4 Å². The SMILES string of the molecule is Cc1cc(F)ccc1C(Cl)c1ccc(C(C)(C)C)s1. The van der Waals surface area contributed by atoms with Crippen molar-refractivity contribution < 1.29 is 4.39 Å². The van der Waals surface area contributed by atoms with Gasteiger partial charge in [0.1, 0.15) is 5.82 Å².